The molecule has 0 radical (unpaired) electrons. The molecule has 2 rings (SSSR count). The van der Waals surface area contributed by atoms with Crippen LogP contribution in [-0.2, 0) is 4.79 Å². The van der Waals surface area contributed by atoms with Crippen molar-refractivity contribution in [3.05, 3.63) is 11.6 Å². The van der Waals surface area contributed by atoms with Gasteiger partial charge in [0, 0.05) is 5.57 Å². The van der Waals surface area contributed by atoms with Gasteiger partial charge in [0.25, 0.3) is 5.92 Å². The van der Waals surface area contributed by atoms with Crippen LogP contribution in [0.1, 0.15) is 20.8 Å². The molecule has 0 amide bonds. The van der Waals surface area contributed by atoms with Gasteiger partial charge >= 0.3 is 5.97 Å². The largest absolute Gasteiger partial charge is 0.481 e. The van der Waals surface area contributed by atoms with E-state index in [4.69, 9.17) is 5.11 Å². The predicted molar refractivity (Wildman–Crippen MR) is 50.6 cm³/mol. The zero-order valence-corrected chi connectivity index (χ0v) is 8.92. The number of rotatable bonds is 2. The van der Waals surface area contributed by atoms with Gasteiger partial charge in [0.15, 0.2) is 0 Å². The van der Waals surface area contributed by atoms with Crippen LogP contribution >= 0.6 is 0 Å². The van der Waals surface area contributed by atoms with Crippen molar-refractivity contribution in [1.82, 2.24) is 0 Å². The average molecular weight is 216 g/mol. The number of halogens is 2. The van der Waals surface area contributed by atoms with Crippen LogP contribution in [0, 0.1) is 23.2 Å². The van der Waals surface area contributed by atoms with Gasteiger partial charge in [-0.2, -0.15) is 0 Å². The number of allylic oxidation sites excluding steroid dienone is 2. The van der Waals surface area contributed by atoms with Gasteiger partial charge in [0.2, 0.25) is 0 Å². The zero-order valence-electron chi connectivity index (χ0n) is 8.92. The summed E-state index contributed by atoms with van der Waals surface area (Å²) < 4.78 is 25.9. The second-order valence-corrected chi connectivity index (χ2v) is 5.13. The maximum atomic E-state index is 12.9. The number of carboxylic acids is 1. The minimum Gasteiger partial charge on any atom is -0.481 e. The fourth-order valence-corrected chi connectivity index (χ4v) is 2.34. The number of carboxylic acid groups (broad SMARTS) is 1. The van der Waals surface area contributed by atoms with Gasteiger partial charge in [-0.3, -0.25) is 4.79 Å². The van der Waals surface area contributed by atoms with Crippen LogP contribution in [-0.4, -0.2) is 17.0 Å². The van der Waals surface area contributed by atoms with Crippen molar-refractivity contribution in [2.45, 2.75) is 26.7 Å². The Balaban J connectivity index is 2.14. The van der Waals surface area contributed by atoms with E-state index in [1.165, 1.54) is 13.0 Å². The van der Waals surface area contributed by atoms with Crippen LogP contribution < -0.4 is 0 Å². The van der Waals surface area contributed by atoms with E-state index in [-0.39, 0.29) is 16.9 Å². The Labute approximate surface area is 87.0 Å². The predicted octanol–water partition coefficient (Wildman–Crippen LogP) is 2.55. The molecular weight excluding hydrogens is 202 g/mol. The topological polar surface area (TPSA) is 37.3 Å². The Morgan fingerprint density at radius 2 is 1.93 bits per heavy atom. The summed E-state index contributed by atoms with van der Waals surface area (Å²) in [6.45, 7) is 5.08. The van der Waals surface area contributed by atoms with Gasteiger partial charge in [0.05, 0.1) is 11.8 Å². The van der Waals surface area contributed by atoms with Gasteiger partial charge in [-0.1, -0.05) is 26.8 Å². The monoisotopic (exact) mass is 216 g/mol. The molecule has 2 fully saturated rings. The highest BCUT2D eigenvalue weighted by Crippen LogP contribution is 2.63. The molecule has 0 aromatic rings. The van der Waals surface area contributed by atoms with Gasteiger partial charge in [0.1, 0.15) is 0 Å². The van der Waals surface area contributed by atoms with Crippen LogP contribution in [0.5, 0.6) is 0 Å². The number of hydrogen-bond acceptors (Lipinski definition) is 1. The first-order valence-electron chi connectivity index (χ1n) is 5.03. The summed E-state index contributed by atoms with van der Waals surface area (Å²) in [6, 6.07) is 0. The van der Waals surface area contributed by atoms with Crippen LogP contribution in [0.25, 0.3) is 0 Å². The van der Waals surface area contributed by atoms with Crippen LogP contribution in [0.2, 0.25) is 0 Å². The van der Waals surface area contributed by atoms with Gasteiger partial charge in [-0.15, -0.1) is 0 Å². The minimum atomic E-state index is -2.69. The first-order chi connectivity index (χ1) is 6.70. The number of carbonyl (C=O) groups is 1. The molecule has 0 bridgehead atoms. The van der Waals surface area contributed by atoms with Gasteiger partial charge in [-0.25, -0.2) is 8.78 Å². The molecule has 3 unspecified atom stereocenters. The van der Waals surface area contributed by atoms with Crippen molar-refractivity contribution in [3.8, 4) is 0 Å². The summed E-state index contributed by atoms with van der Waals surface area (Å²) in [5, 5.41) is 8.87. The Hall–Kier alpha value is -0.930. The molecule has 0 saturated heterocycles. The number of aliphatic carboxylic acids is 1. The first-order valence-corrected chi connectivity index (χ1v) is 5.03. The molecule has 3 atom stereocenters. The van der Waals surface area contributed by atoms with E-state index in [2.05, 4.69) is 0 Å². The van der Waals surface area contributed by atoms with E-state index in [0.717, 1.165) is 0 Å². The van der Waals surface area contributed by atoms with Crippen molar-refractivity contribution in [2.24, 2.45) is 23.2 Å². The van der Waals surface area contributed by atoms with E-state index >= 15 is 0 Å². The third kappa shape index (κ3) is 1.30. The molecule has 0 aromatic heterocycles. The molecule has 1 N–H and O–H groups in total. The highest BCUT2D eigenvalue weighted by atomic mass is 19.3. The van der Waals surface area contributed by atoms with Crippen molar-refractivity contribution in [3.63, 3.8) is 0 Å². The fraction of sp³-hybridized carbons (Fsp3) is 0.727. The van der Waals surface area contributed by atoms with E-state index in [1.54, 1.807) is 13.8 Å². The smallest absolute Gasteiger partial charge is 0.307 e. The van der Waals surface area contributed by atoms with E-state index < -0.39 is 23.7 Å². The second kappa shape index (κ2) is 2.60. The van der Waals surface area contributed by atoms with Crippen molar-refractivity contribution >= 4 is 5.97 Å². The molecule has 0 aromatic carbocycles. The third-order valence-corrected chi connectivity index (χ3v) is 3.85. The van der Waals surface area contributed by atoms with Crippen molar-refractivity contribution < 1.29 is 18.7 Å². The van der Waals surface area contributed by atoms with Crippen molar-refractivity contribution in [2.75, 3.05) is 0 Å². The SMILES string of the molecule is CC1C(=CC2C(C(=O)O)C2(C)C)C1(F)F. The van der Waals surface area contributed by atoms with Crippen LogP contribution in [0.3, 0.4) is 0 Å². The lowest BCUT2D eigenvalue weighted by atomic mass is 10.1. The lowest BCUT2D eigenvalue weighted by molar-refractivity contribution is -0.139. The summed E-state index contributed by atoms with van der Waals surface area (Å²) >= 11 is 0. The quantitative estimate of drug-likeness (QED) is 0.720. The molecular formula is C11H14F2O2. The molecule has 2 aliphatic carbocycles. The zero-order chi connectivity index (χ0) is 11.6. The second-order valence-electron chi connectivity index (χ2n) is 5.13. The number of hydrogen-bond donors (Lipinski definition) is 1. The van der Waals surface area contributed by atoms with E-state index in [9.17, 15) is 13.6 Å². The normalized spacial score (nSPS) is 42.7. The Kier molecular flexibility index (Phi) is 1.83. The average Bonchev–Trinajstić information content (AvgIpc) is 2.77. The Bertz CT molecular complexity index is 358. The van der Waals surface area contributed by atoms with Crippen LogP contribution in [0.4, 0.5) is 8.78 Å². The molecule has 84 valence electrons. The van der Waals surface area contributed by atoms with Crippen molar-refractivity contribution in [1.29, 1.82) is 0 Å². The summed E-state index contributed by atoms with van der Waals surface area (Å²) in [4.78, 5) is 10.8. The molecule has 2 nitrogen and oxygen atoms in total. The number of alkyl halides is 2. The highest BCUT2D eigenvalue weighted by Gasteiger charge is 2.65. The van der Waals surface area contributed by atoms with Gasteiger partial charge in [-0.05, 0) is 11.3 Å². The van der Waals surface area contributed by atoms with Gasteiger partial charge < -0.3 is 5.11 Å². The Morgan fingerprint density at radius 1 is 1.47 bits per heavy atom. The molecule has 0 aliphatic heterocycles. The summed E-state index contributed by atoms with van der Waals surface area (Å²) in [5.41, 5.74) is -0.263. The summed E-state index contributed by atoms with van der Waals surface area (Å²) in [6.07, 6.45) is 1.48. The Morgan fingerprint density at radius 3 is 2.20 bits per heavy atom. The summed E-state index contributed by atoms with van der Waals surface area (Å²) in [7, 11) is 0. The van der Waals surface area contributed by atoms with E-state index in [1.807, 2.05) is 0 Å². The first kappa shape index (κ1) is 10.6. The third-order valence-electron chi connectivity index (χ3n) is 3.85. The lowest BCUT2D eigenvalue weighted by Crippen LogP contribution is -2.03. The lowest BCUT2D eigenvalue weighted by Gasteiger charge is -1.96. The van der Waals surface area contributed by atoms with E-state index in [0.29, 0.717) is 0 Å². The molecule has 0 heterocycles. The molecule has 4 heteroatoms. The maximum Gasteiger partial charge on any atom is 0.307 e. The standard InChI is InChI=1S/C11H14F2O2/c1-5-6(11(5,12)13)4-7-8(9(14)15)10(7,2)3/h4-5,7-8H,1-3H3,(H,14,15). The molecule has 15 heavy (non-hydrogen) atoms. The molecule has 2 aliphatic rings. The molecule has 0 spiro atoms. The summed E-state index contributed by atoms with van der Waals surface area (Å²) in [5.74, 6) is -5.03. The fourth-order valence-electron chi connectivity index (χ4n) is 2.34. The minimum absolute atomic E-state index is 0.115. The maximum absolute atomic E-state index is 12.9. The van der Waals surface area contributed by atoms with Crippen LogP contribution in [0.15, 0.2) is 11.6 Å². The highest BCUT2D eigenvalue weighted by molar-refractivity contribution is 5.76. The molecule has 2 saturated carbocycles.